The Bertz CT molecular complexity index is 497. The predicted molar refractivity (Wildman–Crippen MR) is 83.2 cm³/mol. The van der Waals surface area contributed by atoms with E-state index >= 15 is 0 Å². The summed E-state index contributed by atoms with van der Waals surface area (Å²) in [6.45, 7) is 7.20. The van der Waals surface area contributed by atoms with E-state index in [2.05, 4.69) is 5.32 Å². The molecule has 6 heteroatoms. The van der Waals surface area contributed by atoms with E-state index in [1.165, 1.54) is 0 Å². The van der Waals surface area contributed by atoms with Crippen molar-refractivity contribution in [1.29, 1.82) is 0 Å². The Morgan fingerprint density at radius 3 is 2.32 bits per heavy atom. The maximum atomic E-state index is 12.0. The molecule has 0 aliphatic heterocycles. The van der Waals surface area contributed by atoms with Crippen LogP contribution < -0.4 is 11.1 Å². The standard InChI is InChI=1S/C16H24N2O4/c1-5-21-14(19)12(17)13(11-9-7-6-8-10-11)18-15(20)22-16(2,3)4/h6-10,12-13H,5,17H2,1-4H3,(H,18,20)/t12-,13+/m0/s1. The van der Waals surface area contributed by atoms with Gasteiger partial charge in [-0.05, 0) is 33.3 Å². The van der Waals surface area contributed by atoms with Crippen molar-refractivity contribution < 1.29 is 19.1 Å². The first-order valence-electron chi connectivity index (χ1n) is 7.21. The summed E-state index contributed by atoms with van der Waals surface area (Å²) < 4.78 is 10.2. The molecule has 0 saturated heterocycles. The molecule has 1 amide bonds. The minimum Gasteiger partial charge on any atom is -0.465 e. The molecule has 0 saturated carbocycles. The third-order valence-electron chi connectivity index (χ3n) is 2.75. The van der Waals surface area contributed by atoms with Gasteiger partial charge in [0.05, 0.1) is 12.6 Å². The molecule has 0 aromatic heterocycles. The molecule has 122 valence electrons. The van der Waals surface area contributed by atoms with Crippen LogP contribution in [0.25, 0.3) is 0 Å². The van der Waals surface area contributed by atoms with Crippen molar-refractivity contribution in [1.82, 2.24) is 5.32 Å². The van der Waals surface area contributed by atoms with Gasteiger partial charge in [0.1, 0.15) is 11.6 Å². The number of rotatable bonds is 5. The lowest BCUT2D eigenvalue weighted by Crippen LogP contribution is -2.47. The van der Waals surface area contributed by atoms with Crippen LogP contribution in [0, 0.1) is 0 Å². The first-order valence-corrected chi connectivity index (χ1v) is 7.21. The van der Waals surface area contributed by atoms with E-state index in [0.717, 1.165) is 0 Å². The van der Waals surface area contributed by atoms with Crippen molar-refractivity contribution in [3.8, 4) is 0 Å². The number of alkyl carbamates (subject to hydrolysis) is 1. The quantitative estimate of drug-likeness (QED) is 0.813. The molecule has 0 aliphatic carbocycles. The fourth-order valence-electron chi connectivity index (χ4n) is 1.85. The molecule has 0 bridgehead atoms. The molecule has 1 aromatic carbocycles. The SMILES string of the molecule is CCOC(=O)[C@@H](N)[C@H](NC(=O)OC(C)(C)C)c1ccccc1. The Balaban J connectivity index is 2.93. The minimum absolute atomic E-state index is 0.223. The van der Waals surface area contributed by atoms with Gasteiger partial charge >= 0.3 is 12.1 Å². The van der Waals surface area contributed by atoms with Gasteiger partial charge in [0, 0.05) is 0 Å². The van der Waals surface area contributed by atoms with E-state index in [1.807, 2.05) is 6.07 Å². The fraction of sp³-hybridized carbons (Fsp3) is 0.500. The molecule has 0 unspecified atom stereocenters. The van der Waals surface area contributed by atoms with Gasteiger partial charge in [0.25, 0.3) is 0 Å². The molecule has 2 atom stereocenters. The van der Waals surface area contributed by atoms with Crippen LogP contribution in [0.2, 0.25) is 0 Å². The van der Waals surface area contributed by atoms with Gasteiger partial charge in [-0.1, -0.05) is 30.3 Å². The summed E-state index contributed by atoms with van der Waals surface area (Å²) in [4.78, 5) is 23.9. The highest BCUT2D eigenvalue weighted by Crippen LogP contribution is 2.18. The maximum absolute atomic E-state index is 12.0. The van der Waals surface area contributed by atoms with Crippen LogP contribution in [0.4, 0.5) is 4.79 Å². The van der Waals surface area contributed by atoms with Crippen LogP contribution in [-0.2, 0) is 14.3 Å². The highest BCUT2D eigenvalue weighted by Gasteiger charge is 2.30. The van der Waals surface area contributed by atoms with Gasteiger partial charge < -0.3 is 20.5 Å². The summed E-state index contributed by atoms with van der Waals surface area (Å²) in [5.41, 5.74) is 6.01. The third-order valence-corrected chi connectivity index (χ3v) is 2.75. The fourth-order valence-corrected chi connectivity index (χ4v) is 1.85. The van der Waals surface area contributed by atoms with E-state index in [4.69, 9.17) is 15.2 Å². The second-order valence-corrected chi connectivity index (χ2v) is 5.81. The summed E-state index contributed by atoms with van der Waals surface area (Å²) in [6.07, 6.45) is -0.638. The van der Waals surface area contributed by atoms with Gasteiger partial charge in [-0.15, -0.1) is 0 Å². The Morgan fingerprint density at radius 1 is 1.23 bits per heavy atom. The number of ether oxygens (including phenoxy) is 2. The molecule has 0 aliphatic rings. The van der Waals surface area contributed by atoms with Crippen LogP contribution in [-0.4, -0.2) is 30.3 Å². The molecular formula is C16H24N2O4. The first-order chi connectivity index (χ1) is 10.2. The molecule has 0 heterocycles. The van der Waals surface area contributed by atoms with E-state index in [9.17, 15) is 9.59 Å². The molecule has 6 nitrogen and oxygen atoms in total. The zero-order valence-corrected chi connectivity index (χ0v) is 13.5. The number of nitrogens with two attached hydrogens (primary N) is 1. The van der Waals surface area contributed by atoms with Crippen molar-refractivity contribution in [2.45, 2.75) is 45.4 Å². The van der Waals surface area contributed by atoms with Crippen molar-refractivity contribution in [3.05, 3.63) is 35.9 Å². The molecule has 0 fully saturated rings. The van der Waals surface area contributed by atoms with Crippen molar-refractivity contribution in [3.63, 3.8) is 0 Å². The Morgan fingerprint density at radius 2 is 1.82 bits per heavy atom. The number of hydrogen-bond acceptors (Lipinski definition) is 5. The van der Waals surface area contributed by atoms with Crippen molar-refractivity contribution >= 4 is 12.1 Å². The Hall–Kier alpha value is -2.08. The summed E-state index contributed by atoms with van der Waals surface area (Å²) in [7, 11) is 0. The van der Waals surface area contributed by atoms with E-state index in [0.29, 0.717) is 5.56 Å². The van der Waals surface area contributed by atoms with Crippen LogP contribution in [0.1, 0.15) is 39.3 Å². The van der Waals surface area contributed by atoms with Gasteiger partial charge in [-0.2, -0.15) is 0 Å². The number of benzene rings is 1. The summed E-state index contributed by atoms with van der Waals surface area (Å²) in [6, 6.07) is 7.25. The van der Waals surface area contributed by atoms with Gasteiger partial charge in [-0.3, -0.25) is 4.79 Å². The molecule has 1 rings (SSSR count). The predicted octanol–water partition coefficient (Wildman–Crippen LogP) is 2.14. The normalized spacial score (nSPS) is 13.9. The van der Waals surface area contributed by atoms with Crippen LogP contribution in [0.15, 0.2) is 30.3 Å². The van der Waals surface area contributed by atoms with Crippen LogP contribution in [0.5, 0.6) is 0 Å². The number of carbonyl (C=O) groups is 2. The monoisotopic (exact) mass is 308 g/mol. The number of esters is 1. The molecule has 0 radical (unpaired) electrons. The van der Waals surface area contributed by atoms with Crippen LogP contribution >= 0.6 is 0 Å². The molecule has 0 spiro atoms. The van der Waals surface area contributed by atoms with E-state index < -0.39 is 29.7 Å². The lowest BCUT2D eigenvalue weighted by atomic mass is 10.00. The zero-order valence-electron chi connectivity index (χ0n) is 13.5. The molecular weight excluding hydrogens is 284 g/mol. The van der Waals surface area contributed by atoms with Crippen molar-refractivity contribution in [2.75, 3.05) is 6.61 Å². The number of carbonyl (C=O) groups excluding carboxylic acids is 2. The van der Waals surface area contributed by atoms with Crippen LogP contribution in [0.3, 0.4) is 0 Å². The molecule has 22 heavy (non-hydrogen) atoms. The average molecular weight is 308 g/mol. The largest absolute Gasteiger partial charge is 0.465 e. The van der Waals surface area contributed by atoms with Gasteiger partial charge in [0.2, 0.25) is 0 Å². The van der Waals surface area contributed by atoms with E-state index in [1.54, 1.807) is 52.0 Å². The highest BCUT2D eigenvalue weighted by atomic mass is 16.6. The van der Waals surface area contributed by atoms with Gasteiger partial charge in [-0.25, -0.2) is 4.79 Å². The van der Waals surface area contributed by atoms with E-state index in [-0.39, 0.29) is 6.61 Å². The number of nitrogens with one attached hydrogen (secondary N) is 1. The van der Waals surface area contributed by atoms with Crippen molar-refractivity contribution in [2.24, 2.45) is 5.73 Å². The average Bonchev–Trinajstić information content (AvgIpc) is 2.43. The van der Waals surface area contributed by atoms with Gasteiger partial charge in [0.15, 0.2) is 0 Å². The smallest absolute Gasteiger partial charge is 0.408 e. The number of amides is 1. The Labute approximate surface area is 131 Å². The summed E-state index contributed by atoms with van der Waals surface area (Å²) in [5, 5.41) is 2.64. The lowest BCUT2D eigenvalue weighted by molar-refractivity contribution is -0.145. The zero-order chi connectivity index (χ0) is 16.8. The second-order valence-electron chi connectivity index (χ2n) is 5.81. The first kappa shape index (κ1) is 18.0. The minimum atomic E-state index is -1.02. The molecule has 3 N–H and O–H groups in total. The third kappa shape index (κ3) is 5.73. The lowest BCUT2D eigenvalue weighted by Gasteiger charge is -2.26. The highest BCUT2D eigenvalue weighted by molar-refractivity contribution is 5.78. The summed E-state index contributed by atoms with van der Waals surface area (Å²) in [5.74, 6) is -0.576. The topological polar surface area (TPSA) is 90.6 Å². The summed E-state index contributed by atoms with van der Waals surface area (Å²) >= 11 is 0. The molecule has 1 aromatic rings. The Kier molecular flexibility index (Phi) is 6.37. The second kappa shape index (κ2) is 7.79. The number of hydrogen-bond donors (Lipinski definition) is 2. The maximum Gasteiger partial charge on any atom is 0.408 e.